The smallest absolute Gasteiger partial charge is 0.144 e. The highest BCUT2D eigenvalue weighted by molar-refractivity contribution is 9.10. The number of alkyl halides is 1. The fourth-order valence-corrected chi connectivity index (χ4v) is 2.83. The summed E-state index contributed by atoms with van der Waals surface area (Å²) in [5.74, 6) is -0.273. The van der Waals surface area contributed by atoms with Gasteiger partial charge >= 0.3 is 0 Å². The summed E-state index contributed by atoms with van der Waals surface area (Å²) >= 11 is 14.9. The Labute approximate surface area is 137 Å². The lowest BCUT2D eigenvalue weighted by molar-refractivity contribution is 0.620. The Balaban J connectivity index is 2.34. The van der Waals surface area contributed by atoms with Crippen molar-refractivity contribution in [2.45, 2.75) is 5.88 Å². The van der Waals surface area contributed by atoms with E-state index < -0.39 is 5.82 Å². The van der Waals surface area contributed by atoms with Gasteiger partial charge < -0.3 is 0 Å². The van der Waals surface area contributed by atoms with Crippen LogP contribution in [0.3, 0.4) is 0 Å². The van der Waals surface area contributed by atoms with Crippen molar-refractivity contribution in [3.8, 4) is 5.69 Å². The van der Waals surface area contributed by atoms with Crippen molar-refractivity contribution in [2.75, 3.05) is 0 Å². The molecule has 0 saturated carbocycles. The summed E-state index contributed by atoms with van der Waals surface area (Å²) in [4.78, 5) is 4.28. The number of rotatable bonds is 2. The summed E-state index contributed by atoms with van der Waals surface area (Å²) in [5.41, 5.74) is 1.70. The van der Waals surface area contributed by atoms with E-state index in [1.165, 1.54) is 18.2 Å². The molecular weight excluding hydrogens is 385 g/mol. The molecule has 0 aliphatic carbocycles. The second kappa shape index (κ2) is 5.55. The third kappa shape index (κ3) is 2.54. The highest BCUT2D eigenvalue weighted by Gasteiger charge is 2.15. The molecule has 0 aliphatic rings. The lowest BCUT2D eigenvalue weighted by atomic mass is 10.2. The van der Waals surface area contributed by atoms with Gasteiger partial charge in [0.2, 0.25) is 0 Å². The van der Waals surface area contributed by atoms with Crippen LogP contribution in [0.2, 0.25) is 5.02 Å². The number of nitrogens with zero attached hydrogens (tertiary/aromatic N) is 2. The zero-order chi connectivity index (χ0) is 15.1. The highest BCUT2D eigenvalue weighted by Crippen LogP contribution is 2.29. The molecule has 3 aromatic rings. The van der Waals surface area contributed by atoms with Crippen molar-refractivity contribution >= 4 is 50.2 Å². The summed E-state index contributed by atoms with van der Waals surface area (Å²) in [5, 5.41) is -0.00838. The van der Waals surface area contributed by atoms with Gasteiger partial charge in [0.15, 0.2) is 0 Å². The van der Waals surface area contributed by atoms with Gasteiger partial charge in [0.25, 0.3) is 0 Å². The molecular formula is C14H7BrCl2F2N2. The van der Waals surface area contributed by atoms with E-state index in [0.717, 1.165) is 0 Å². The van der Waals surface area contributed by atoms with Gasteiger partial charge in [0, 0.05) is 11.8 Å². The molecule has 0 saturated heterocycles. The molecule has 0 N–H and O–H groups in total. The van der Waals surface area contributed by atoms with Gasteiger partial charge in [-0.15, -0.1) is 11.6 Å². The zero-order valence-electron chi connectivity index (χ0n) is 10.4. The lowest BCUT2D eigenvalue weighted by Gasteiger charge is -2.09. The third-order valence-corrected chi connectivity index (χ3v) is 4.18. The van der Waals surface area contributed by atoms with E-state index in [1.54, 1.807) is 16.7 Å². The summed E-state index contributed by atoms with van der Waals surface area (Å²) in [6, 6.07) is 7.25. The van der Waals surface area contributed by atoms with Crippen LogP contribution in [0.5, 0.6) is 0 Å². The summed E-state index contributed by atoms with van der Waals surface area (Å²) in [7, 11) is 0. The Morgan fingerprint density at radius 3 is 2.57 bits per heavy atom. The first-order chi connectivity index (χ1) is 10.0. The lowest BCUT2D eigenvalue weighted by Crippen LogP contribution is -1.99. The van der Waals surface area contributed by atoms with Gasteiger partial charge in [0.1, 0.15) is 17.5 Å². The molecule has 0 spiro atoms. The number of benzene rings is 2. The second-order valence-corrected chi connectivity index (χ2v) is 5.88. The van der Waals surface area contributed by atoms with Crippen LogP contribution in [0.25, 0.3) is 16.7 Å². The number of fused-ring (bicyclic) bond motifs is 1. The van der Waals surface area contributed by atoms with Gasteiger partial charge in [-0.2, -0.15) is 0 Å². The van der Waals surface area contributed by atoms with E-state index in [4.69, 9.17) is 23.2 Å². The van der Waals surface area contributed by atoms with E-state index in [9.17, 15) is 8.78 Å². The molecule has 2 nitrogen and oxygen atoms in total. The molecule has 1 heterocycles. The molecule has 0 amide bonds. The van der Waals surface area contributed by atoms with Crippen LogP contribution in [0.1, 0.15) is 5.82 Å². The molecule has 0 fully saturated rings. The van der Waals surface area contributed by atoms with E-state index in [0.29, 0.717) is 27.0 Å². The SMILES string of the molecule is Fc1cc2nc(CCl)n(-c3ccc(F)c(Br)c3)c2cc1Cl. The van der Waals surface area contributed by atoms with Gasteiger partial charge in [-0.3, -0.25) is 4.57 Å². The maximum atomic E-state index is 13.5. The zero-order valence-corrected chi connectivity index (χ0v) is 13.5. The van der Waals surface area contributed by atoms with Crippen LogP contribution in [-0.4, -0.2) is 9.55 Å². The Morgan fingerprint density at radius 1 is 1.14 bits per heavy atom. The molecule has 21 heavy (non-hydrogen) atoms. The van der Waals surface area contributed by atoms with Gasteiger partial charge in [0.05, 0.1) is 26.4 Å². The maximum absolute atomic E-state index is 13.5. The molecule has 1 aromatic heterocycles. The number of imidazole rings is 1. The molecule has 0 bridgehead atoms. The first kappa shape index (κ1) is 14.8. The monoisotopic (exact) mass is 390 g/mol. The van der Waals surface area contributed by atoms with Crippen molar-refractivity contribution in [3.63, 3.8) is 0 Å². The van der Waals surface area contributed by atoms with E-state index in [2.05, 4.69) is 20.9 Å². The quantitative estimate of drug-likeness (QED) is 0.530. The summed E-state index contributed by atoms with van der Waals surface area (Å²) < 4.78 is 29.0. The summed E-state index contributed by atoms with van der Waals surface area (Å²) in [6.45, 7) is 0. The Hall–Kier alpha value is -1.17. The molecule has 0 aliphatic heterocycles. The van der Waals surface area contributed by atoms with Crippen molar-refractivity contribution in [2.24, 2.45) is 0 Å². The first-order valence-electron chi connectivity index (χ1n) is 5.89. The number of hydrogen-bond acceptors (Lipinski definition) is 1. The van der Waals surface area contributed by atoms with Crippen LogP contribution >= 0.6 is 39.1 Å². The van der Waals surface area contributed by atoms with Crippen LogP contribution in [-0.2, 0) is 5.88 Å². The Bertz CT molecular complexity index is 849. The predicted molar refractivity (Wildman–Crippen MR) is 83.3 cm³/mol. The standard InChI is InChI=1S/C14H7BrCl2F2N2/c15-8-3-7(1-2-10(8)18)21-13-4-9(17)11(19)5-12(13)20-14(21)6-16/h1-5H,6H2. The molecule has 2 aromatic carbocycles. The van der Waals surface area contributed by atoms with Crippen LogP contribution < -0.4 is 0 Å². The first-order valence-corrected chi connectivity index (χ1v) is 7.59. The largest absolute Gasteiger partial charge is 0.295 e. The fourth-order valence-electron chi connectivity index (χ4n) is 2.12. The van der Waals surface area contributed by atoms with Crippen molar-refractivity contribution in [3.05, 3.63) is 57.3 Å². The Morgan fingerprint density at radius 2 is 1.90 bits per heavy atom. The average molecular weight is 392 g/mol. The third-order valence-electron chi connectivity index (χ3n) is 3.05. The molecule has 108 valence electrons. The van der Waals surface area contributed by atoms with Crippen LogP contribution in [0.4, 0.5) is 8.78 Å². The van der Waals surface area contributed by atoms with Crippen molar-refractivity contribution in [1.29, 1.82) is 0 Å². The summed E-state index contributed by atoms with van der Waals surface area (Å²) in [6.07, 6.45) is 0. The second-order valence-electron chi connectivity index (χ2n) is 4.35. The van der Waals surface area contributed by atoms with Gasteiger partial charge in [-0.25, -0.2) is 13.8 Å². The number of hydrogen-bond donors (Lipinski definition) is 0. The van der Waals surface area contributed by atoms with Gasteiger partial charge in [-0.05, 0) is 40.2 Å². The molecule has 0 atom stereocenters. The van der Waals surface area contributed by atoms with Crippen molar-refractivity contribution in [1.82, 2.24) is 9.55 Å². The number of aromatic nitrogens is 2. The van der Waals surface area contributed by atoms with Gasteiger partial charge in [-0.1, -0.05) is 11.6 Å². The molecule has 3 rings (SSSR count). The van der Waals surface area contributed by atoms with Crippen LogP contribution in [0.15, 0.2) is 34.8 Å². The topological polar surface area (TPSA) is 17.8 Å². The normalized spacial score (nSPS) is 11.3. The van der Waals surface area contributed by atoms with Crippen LogP contribution in [0, 0.1) is 11.6 Å². The fraction of sp³-hybridized carbons (Fsp3) is 0.0714. The minimum atomic E-state index is -0.546. The minimum absolute atomic E-state index is 0.00838. The average Bonchev–Trinajstić information content (AvgIpc) is 2.80. The number of halogens is 5. The van der Waals surface area contributed by atoms with E-state index in [-0.39, 0.29) is 16.7 Å². The maximum Gasteiger partial charge on any atom is 0.144 e. The Kier molecular flexibility index (Phi) is 3.90. The highest BCUT2D eigenvalue weighted by atomic mass is 79.9. The molecule has 0 unspecified atom stereocenters. The molecule has 7 heteroatoms. The predicted octanol–water partition coefficient (Wildman–Crippen LogP) is 5.46. The van der Waals surface area contributed by atoms with E-state index in [1.807, 2.05) is 0 Å². The van der Waals surface area contributed by atoms with Crippen molar-refractivity contribution < 1.29 is 8.78 Å². The van der Waals surface area contributed by atoms with E-state index >= 15 is 0 Å². The minimum Gasteiger partial charge on any atom is -0.295 e. The molecule has 0 radical (unpaired) electrons.